The number of rotatable bonds is 9. The van der Waals surface area contributed by atoms with Gasteiger partial charge in [-0.3, -0.25) is 9.79 Å². The molecule has 2 atom stereocenters. The summed E-state index contributed by atoms with van der Waals surface area (Å²) in [6.07, 6.45) is 18.6. The van der Waals surface area contributed by atoms with Gasteiger partial charge in [-0.15, -0.1) is 0 Å². The van der Waals surface area contributed by atoms with Crippen molar-refractivity contribution in [2.24, 2.45) is 16.8 Å². The average molecular weight is 608 g/mol. The molecule has 0 bridgehead atoms. The van der Waals surface area contributed by atoms with Crippen molar-refractivity contribution in [2.45, 2.75) is 98.0 Å². The molecule has 2 aromatic rings. The first-order valence-corrected chi connectivity index (χ1v) is 17.1. The molecule has 3 aliphatic carbocycles. The van der Waals surface area contributed by atoms with E-state index in [-0.39, 0.29) is 23.8 Å². The number of piperidine rings is 1. The Morgan fingerprint density at radius 1 is 1.07 bits per heavy atom. The Hall–Kier alpha value is -3.80. The lowest BCUT2D eigenvalue weighted by Gasteiger charge is -2.33. The van der Waals surface area contributed by atoms with E-state index in [0.29, 0.717) is 11.8 Å². The highest BCUT2D eigenvalue weighted by Crippen LogP contribution is 2.35. The number of amides is 1. The normalized spacial score (nSPS) is 22.4. The van der Waals surface area contributed by atoms with Crippen LogP contribution in [0.4, 0.5) is 0 Å². The van der Waals surface area contributed by atoms with Gasteiger partial charge in [0, 0.05) is 48.3 Å². The molecule has 6 rings (SSSR count). The molecule has 1 saturated carbocycles. The number of nitrogens with one attached hydrogen (secondary N) is 1. The Bertz CT molecular complexity index is 1690. The van der Waals surface area contributed by atoms with E-state index < -0.39 is 0 Å². The van der Waals surface area contributed by atoms with Crippen LogP contribution in [0.25, 0.3) is 12.2 Å². The van der Waals surface area contributed by atoms with Gasteiger partial charge in [-0.2, -0.15) is 0 Å². The predicted molar refractivity (Wildman–Crippen MR) is 182 cm³/mol. The second kappa shape index (κ2) is 13.3. The minimum Gasteiger partial charge on any atom is -0.494 e. The summed E-state index contributed by atoms with van der Waals surface area (Å²) < 4.78 is 6.56. The summed E-state index contributed by atoms with van der Waals surface area (Å²) in [7, 11) is 0. The van der Waals surface area contributed by atoms with E-state index in [1.807, 2.05) is 17.9 Å². The molecule has 2 fully saturated rings. The Balaban J connectivity index is 1.23. The van der Waals surface area contributed by atoms with Crippen LogP contribution in [0.15, 0.2) is 58.4 Å². The number of hydrogen-bond donors (Lipinski definition) is 2. The molecule has 0 spiro atoms. The van der Waals surface area contributed by atoms with Crippen LogP contribution in [0, 0.1) is 18.8 Å². The summed E-state index contributed by atoms with van der Waals surface area (Å²) in [4.78, 5) is 22.8. The molecule has 6 heteroatoms. The molecule has 1 saturated heterocycles. The van der Waals surface area contributed by atoms with Gasteiger partial charge in [0.05, 0.1) is 17.0 Å². The first-order valence-electron chi connectivity index (χ1n) is 17.1. The maximum atomic E-state index is 12.5. The predicted octanol–water partition coefficient (Wildman–Crippen LogP) is 6.71. The molecule has 0 radical (unpaired) electrons. The number of likely N-dealkylation sites (tertiary alicyclic amines) is 1. The molecule has 1 amide bonds. The fourth-order valence-corrected chi connectivity index (χ4v) is 7.18. The monoisotopic (exact) mass is 607 g/mol. The largest absolute Gasteiger partial charge is 0.494 e. The molecular formula is C39H49N3O3. The number of aliphatic imine (C=N–C) groups is 1. The van der Waals surface area contributed by atoms with Gasteiger partial charge in [0.1, 0.15) is 11.9 Å². The number of fused-ring (bicyclic) bond motifs is 1. The van der Waals surface area contributed by atoms with Crippen LogP contribution in [0.1, 0.15) is 101 Å². The Morgan fingerprint density at radius 3 is 2.53 bits per heavy atom. The Labute approximate surface area is 268 Å². The molecule has 4 aliphatic rings. The SMILES string of the molecule is CCC1=C(OC2CCN(C(=O)C3CC3)CC2)C=CC(N=C(C)c2c(O)[nH]c3c2=CC(c2cc(CC)ccc2C)C(CC)C=3)=CC1. The summed E-state index contributed by atoms with van der Waals surface area (Å²) in [5, 5.41) is 13.1. The van der Waals surface area contributed by atoms with Gasteiger partial charge in [0.15, 0.2) is 5.88 Å². The van der Waals surface area contributed by atoms with E-state index in [2.05, 4.69) is 75.2 Å². The number of aromatic nitrogens is 1. The highest BCUT2D eigenvalue weighted by atomic mass is 16.5. The molecule has 2 unspecified atom stereocenters. The van der Waals surface area contributed by atoms with Gasteiger partial charge in [0.25, 0.3) is 0 Å². The van der Waals surface area contributed by atoms with Crippen LogP contribution in [-0.4, -0.2) is 45.8 Å². The van der Waals surface area contributed by atoms with Gasteiger partial charge in [0.2, 0.25) is 5.91 Å². The molecule has 2 N–H and O–H groups in total. The second-order valence-corrected chi connectivity index (χ2v) is 13.3. The zero-order valence-corrected chi connectivity index (χ0v) is 27.7. The van der Waals surface area contributed by atoms with Crippen LogP contribution in [0.3, 0.4) is 0 Å². The lowest BCUT2D eigenvalue weighted by Crippen LogP contribution is -2.41. The number of H-pyrrole nitrogens is 1. The Morgan fingerprint density at radius 2 is 1.84 bits per heavy atom. The van der Waals surface area contributed by atoms with E-state index in [1.54, 1.807) is 0 Å². The quantitative estimate of drug-likeness (QED) is 0.311. The van der Waals surface area contributed by atoms with Crippen molar-refractivity contribution in [3.8, 4) is 5.88 Å². The lowest BCUT2D eigenvalue weighted by atomic mass is 9.78. The number of carbonyl (C=O) groups is 1. The summed E-state index contributed by atoms with van der Waals surface area (Å²) >= 11 is 0. The topological polar surface area (TPSA) is 77.9 Å². The van der Waals surface area contributed by atoms with Crippen LogP contribution in [0.2, 0.25) is 0 Å². The third-order valence-electron chi connectivity index (χ3n) is 10.2. The van der Waals surface area contributed by atoms with Gasteiger partial charge in [-0.05, 0) is 92.7 Å². The van der Waals surface area contributed by atoms with E-state index in [9.17, 15) is 9.90 Å². The summed E-state index contributed by atoms with van der Waals surface area (Å²) in [6.45, 7) is 12.4. The number of carbonyl (C=O) groups excluding carboxylic acids is 1. The Kier molecular flexibility index (Phi) is 9.21. The van der Waals surface area contributed by atoms with Crippen LogP contribution < -0.4 is 10.6 Å². The zero-order valence-electron chi connectivity index (χ0n) is 27.7. The average Bonchev–Trinajstić information content (AvgIpc) is 3.87. The lowest BCUT2D eigenvalue weighted by molar-refractivity contribution is -0.134. The fraction of sp³-hybridized carbons (Fsp3) is 0.487. The van der Waals surface area contributed by atoms with E-state index in [1.165, 1.54) is 22.3 Å². The van der Waals surface area contributed by atoms with E-state index >= 15 is 0 Å². The van der Waals surface area contributed by atoms with E-state index in [4.69, 9.17) is 9.73 Å². The maximum Gasteiger partial charge on any atom is 0.225 e. The van der Waals surface area contributed by atoms with Crippen molar-refractivity contribution < 1.29 is 14.6 Å². The number of aryl methyl sites for hydroxylation is 2. The number of hydrogen-bond acceptors (Lipinski definition) is 4. The third-order valence-corrected chi connectivity index (χ3v) is 10.2. The van der Waals surface area contributed by atoms with Crippen molar-refractivity contribution in [3.63, 3.8) is 0 Å². The van der Waals surface area contributed by atoms with Crippen molar-refractivity contribution in [3.05, 3.63) is 86.3 Å². The standard InChI is InChI=1S/C39H49N3O3/c1-6-26-10-9-24(4)32(21-26)33-23-34-35(22-28(33)8-3)41-38(43)37(34)25(5)40-30-14-13-27(7-2)36(16-15-30)45-31-17-19-42(20-18-31)39(44)29-11-12-29/h9-10,14-16,21-23,28-29,31,33,41,43H,6-8,11-13,17-20H2,1-5H3. The minimum absolute atomic E-state index is 0.123. The van der Waals surface area contributed by atoms with E-state index in [0.717, 1.165) is 97.8 Å². The molecule has 2 heterocycles. The summed E-state index contributed by atoms with van der Waals surface area (Å²) in [6, 6.07) is 6.83. The molecule has 45 heavy (non-hydrogen) atoms. The third kappa shape index (κ3) is 6.61. The highest BCUT2D eigenvalue weighted by Gasteiger charge is 2.35. The van der Waals surface area contributed by atoms with Crippen LogP contribution in [-0.2, 0) is 16.0 Å². The summed E-state index contributed by atoms with van der Waals surface area (Å²) in [5.41, 5.74) is 7.70. The van der Waals surface area contributed by atoms with Crippen molar-refractivity contribution in [1.82, 2.24) is 9.88 Å². The second-order valence-electron chi connectivity index (χ2n) is 13.3. The van der Waals surface area contributed by atoms with Gasteiger partial charge >= 0.3 is 0 Å². The van der Waals surface area contributed by atoms with Gasteiger partial charge in [-0.25, -0.2) is 0 Å². The number of aromatic amines is 1. The number of benzene rings is 1. The van der Waals surface area contributed by atoms with Gasteiger partial charge < -0.3 is 19.7 Å². The molecule has 1 aromatic carbocycles. The smallest absolute Gasteiger partial charge is 0.225 e. The molecule has 1 aliphatic heterocycles. The maximum absolute atomic E-state index is 12.5. The van der Waals surface area contributed by atoms with Crippen molar-refractivity contribution in [2.75, 3.05) is 13.1 Å². The number of ether oxygens (including phenoxy) is 1. The number of aromatic hydroxyl groups is 1. The zero-order chi connectivity index (χ0) is 31.7. The van der Waals surface area contributed by atoms with Crippen LogP contribution >= 0.6 is 0 Å². The molecule has 1 aromatic heterocycles. The van der Waals surface area contributed by atoms with Gasteiger partial charge in [-0.1, -0.05) is 57.2 Å². The minimum atomic E-state index is 0.123. The fourth-order valence-electron chi connectivity index (χ4n) is 7.18. The van der Waals surface area contributed by atoms with Crippen LogP contribution in [0.5, 0.6) is 5.88 Å². The highest BCUT2D eigenvalue weighted by molar-refractivity contribution is 6.02. The molecular weight excluding hydrogens is 558 g/mol. The first-order chi connectivity index (χ1) is 21.8. The number of allylic oxidation sites excluding steroid dienone is 4. The molecule has 6 nitrogen and oxygen atoms in total. The molecule has 238 valence electrons. The first kappa shape index (κ1) is 31.2. The van der Waals surface area contributed by atoms with Crippen molar-refractivity contribution in [1.29, 1.82) is 0 Å². The van der Waals surface area contributed by atoms with Crippen molar-refractivity contribution >= 4 is 23.8 Å². The number of nitrogens with zero attached hydrogens (tertiary/aromatic N) is 2. The summed E-state index contributed by atoms with van der Waals surface area (Å²) in [5.74, 6) is 2.31.